The Morgan fingerprint density at radius 2 is 1.71 bits per heavy atom. The summed E-state index contributed by atoms with van der Waals surface area (Å²) in [5, 5.41) is 2.83. The van der Waals surface area contributed by atoms with Crippen LogP contribution in [0.5, 0.6) is 0 Å². The number of likely N-dealkylation sites (tertiary alicyclic amines) is 2. The molecule has 1 atom stereocenters. The fraction of sp³-hybridized carbons (Fsp3) is 0.609. The number of hydrogen-bond donors (Lipinski definition) is 1. The second kappa shape index (κ2) is 10.0. The number of piperidine rings is 1. The molecule has 2 heterocycles. The third-order valence-electron chi connectivity index (χ3n) is 5.75. The van der Waals surface area contributed by atoms with Crippen molar-refractivity contribution in [3.05, 3.63) is 34.3 Å². The van der Waals surface area contributed by atoms with Crippen LogP contribution in [0.2, 0.25) is 0 Å². The standard InChI is InChI=1S/C23H32BrN3O4/c1-23(2,3)31-22(30)25-15-16-10-13-26(14-11-16)21(29)19-5-4-12-27(19)20(28)17-6-8-18(24)9-7-17/h6-9,16,19H,4-5,10-15H2,1-3H3,(H,25,30). The van der Waals surface area contributed by atoms with Crippen LogP contribution in [0.15, 0.2) is 28.7 Å². The quantitative estimate of drug-likeness (QED) is 0.691. The highest BCUT2D eigenvalue weighted by molar-refractivity contribution is 9.10. The molecule has 8 heteroatoms. The molecule has 1 N–H and O–H groups in total. The molecule has 2 aliphatic heterocycles. The number of alkyl carbamates (subject to hydrolysis) is 1. The second-order valence-corrected chi connectivity index (χ2v) is 10.2. The van der Waals surface area contributed by atoms with Crippen molar-refractivity contribution >= 4 is 33.8 Å². The van der Waals surface area contributed by atoms with E-state index in [0.29, 0.717) is 44.1 Å². The van der Waals surface area contributed by atoms with Gasteiger partial charge in [-0.1, -0.05) is 15.9 Å². The van der Waals surface area contributed by atoms with Crippen LogP contribution < -0.4 is 5.32 Å². The van der Waals surface area contributed by atoms with Crippen molar-refractivity contribution in [2.75, 3.05) is 26.2 Å². The van der Waals surface area contributed by atoms with E-state index < -0.39 is 11.7 Å². The fourth-order valence-electron chi connectivity index (χ4n) is 4.13. The van der Waals surface area contributed by atoms with Crippen molar-refractivity contribution in [2.45, 2.75) is 58.1 Å². The molecule has 1 aromatic carbocycles. The summed E-state index contributed by atoms with van der Waals surface area (Å²) >= 11 is 3.39. The van der Waals surface area contributed by atoms with Gasteiger partial charge in [-0.15, -0.1) is 0 Å². The zero-order valence-corrected chi connectivity index (χ0v) is 20.1. The van der Waals surface area contributed by atoms with Gasteiger partial charge in [0.1, 0.15) is 11.6 Å². The molecule has 1 aromatic rings. The van der Waals surface area contributed by atoms with Gasteiger partial charge in [0, 0.05) is 36.2 Å². The lowest BCUT2D eigenvalue weighted by Gasteiger charge is -2.35. The average molecular weight is 494 g/mol. The first-order valence-electron chi connectivity index (χ1n) is 11.0. The molecule has 7 nitrogen and oxygen atoms in total. The maximum atomic E-state index is 13.2. The third kappa shape index (κ3) is 6.45. The fourth-order valence-corrected chi connectivity index (χ4v) is 4.40. The van der Waals surface area contributed by atoms with Crippen LogP contribution >= 0.6 is 15.9 Å². The maximum absolute atomic E-state index is 13.2. The Kier molecular flexibility index (Phi) is 7.62. The van der Waals surface area contributed by atoms with Crippen molar-refractivity contribution in [3.8, 4) is 0 Å². The molecule has 0 saturated carbocycles. The van der Waals surface area contributed by atoms with Crippen LogP contribution in [0.1, 0.15) is 56.8 Å². The van der Waals surface area contributed by atoms with Gasteiger partial charge < -0.3 is 19.9 Å². The lowest BCUT2D eigenvalue weighted by molar-refractivity contribution is -0.136. The monoisotopic (exact) mass is 493 g/mol. The van der Waals surface area contributed by atoms with E-state index in [1.807, 2.05) is 37.8 Å². The maximum Gasteiger partial charge on any atom is 0.407 e. The Hall–Kier alpha value is -2.09. The van der Waals surface area contributed by atoms with Crippen molar-refractivity contribution in [1.82, 2.24) is 15.1 Å². The van der Waals surface area contributed by atoms with E-state index in [9.17, 15) is 14.4 Å². The van der Waals surface area contributed by atoms with Crippen LogP contribution in [0.3, 0.4) is 0 Å². The summed E-state index contributed by atoms with van der Waals surface area (Å²) in [4.78, 5) is 41.6. The van der Waals surface area contributed by atoms with Crippen molar-refractivity contribution < 1.29 is 19.1 Å². The van der Waals surface area contributed by atoms with Gasteiger partial charge >= 0.3 is 6.09 Å². The summed E-state index contributed by atoms with van der Waals surface area (Å²) in [6.45, 7) is 7.97. The van der Waals surface area contributed by atoms with E-state index in [4.69, 9.17) is 4.74 Å². The predicted octanol–water partition coefficient (Wildman–Crippen LogP) is 3.82. The number of halogens is 1. The van der Waals surface area contributed by atoms with Gasteiger partial charge in [-0.2, -0.15) is 0 Å². The Bertz CT molecular complexity index is 798. The Labute approximate surface area is 192 Å². The Balaban J connectivity index is 1.50. The molecule has 1 unspecified atom stereocenters. The van der Waals surface area contributed by atoms with E-state index in [1.165, 1.54) is 0 Å². The second-order valence-electron chi connectivity index (χ2n) is 9.31. The number of carbonyl (C=O) groups is 3. The van der Waals surface area contributed by atoms with Crippen LogP contribution in [0.25, 0.3) is 0 Å². The summed E-state index contributed by atoms with van der Waals surface area (Å²) in [6.07, 6.45) is 2.80. The number of amides is 3. The van der Waals surface area contributed by atoms with Crippen LogP contribution in [-0.4, -0.2) is 65.5 Å². The first kappa shape index (κ1) is 23.6. The minimum Gasteiger partial charge on any atom is -0.444 e. The highest BCUT2D eigenvalue weighted by Gasteiger charge is 2.37. The number of nitrogens with one attached hydrogen (secondary N) is 1. The molecule has 0 aromatic heterocycles. The first-order chi connectivity index (χ1) is 14.6. The normalized spacial score (nSPS) is 19.9. The zero-order valence-electron chi connectivity index (χ0n) is 18.5. The van der Waals surface area contributed by atoms with E-state index in [2.05, 4.69) is 21.2 Å². The highest BCUT2D eigenvalue weighted by atomic mass is 79.9. The molecular formula is C23H32BrN3O4. The van der Waals surface area contributed by atoms with Gasteiger partial charge in [0.05, 0.1) is 0 Å². The summed E-state index contributed by atoms with van der Waals surface area (Å²) in [7, 11) is 0. The lowest BCUT2D eigenvalue weighted by atomic mass is 9.96. The molecule has 2 aliphatic rings. The molecule has 2 fully saturated rings. The van der Waals surface area contributed by atoms with Crippen LogP contribution in [-0.2, 0) is 9.53 Å². The third-order valence-corrected chi connectivity index (χ3v) is 6.28. The number of carbonyl (C=O) groups excluding carboxylic acids is 3. The van der Waals surface area contributed by atoms with Gasteiger partial charge in [-0.05, 0) is 76.6 Å². The largest absolute Gasteiger partial charge is 0.444 e. The summed E-state index contributed by atoms with van der Waals surface area (Å²) in [5.41, 5.74) is 0.0931. The molecule has 2 saturated heterocycles. The van der Waals surface area contributed by atoms with E-state index in [0.717, 1.165) is 23.7 Å². The minimum atomic E-state index is -0.513. The molecule has 0 bridgehead atoms. The SMILES string of the molecule is CC(C)(C)OC(=O)NCC1CCN(C(=O)C2CCCN2C(=O)c2ccc(Br)cc2)CC1. The number of ether oxygens (including phenoxy) is 1. The van der Waals surface area contributed by atoms with Crippen molar-refractivity contribution in [3.63, 3.8) is 0 Å². The van der Waals surface area contributed by atoms with Crippen LogP contribution in [0.4, 0.5) is 4.79 Å². The van der Waals surface area contributed by atoms with Gasteiger partial charge in [0.15, 0.2) is 0 Å². The van der Waals surface area contributed by atoms with Gasteiger partial charge in [0.25, 0.3) is 5.91 Å². The van der Waals surface area contributed by atoms with E-state index in [1.54, 1.807) is 17.0 Å². The number of hydrogen-bond acceptors (Lipinski definition) is 4. The average Bonchev–Trinajstić information content (AvgIpc) is 3.21. The Morgan fingerprint density at radius 3 is 2.32 bits per heavy atom. The molecule has 3 rings (SSSR count). The number of nitrogens with zero attached hydrogens (tertiary/aromatic N) is 2. The number of rotatable bonds is 4. The van der Waals surface area contributed by atoms with Gasteiger partial charge in [-0.3, -0.25) is 9.59 Å². The molecule has 3 amide bonds. The smallest absolute Gasteiger partial charge is 0.407 e. The van der Waals surface area contributed by atoms with E-state index >= 15 is 0 Å². The molecule has 31 heavy (non-hydrogen) atoms. The minimum absolute atomic E-state index is 0.0431. The van der Waals surface area contributed by atoms with Gasteiger partial charge in [0.2, 0.25) is 5.91 Å². The first-order valence-corrected chi connectivity index (χ1v) is 11.8. The number of benzene rings is 1. The highest BCUT2D eigenvalue weighted by Crippen LogP contribution is 2.25. The van der Waals surface area contributed by atoms with Crippen molar-refractivity contribution in [1.29, 1.82) is 0 Å². The van der Waals surface area contributed by atoms with E-state index in [-0.39, 0.29) is 17.9 Å². The molecular weight excluding hydrogens is 462 g/mol. The molecule has 0 spiro atoms. The predicted molar refractivity (Wildman–Crippen MR) is 122 cm³/mol. The van der Waals surface area contributed by atoms with Crippen molar-refractivity contribution in [2.24, 2.45) is 5.92 Å². The summed E-state index contributed by atoms with van der Waals surface area (Å²) < 4.78 is 6.20. The molecule has 170 valence electrons. The summed E-state index contributed by atoms with van der Waals surface area (Å²) in [6, 6.07) is 6.88. The topological polar surface area (TPSA) is 79.0 Å². The molecule has 0 radical (unpaired) electrons. The van der Waals surface area contributed by atoms with Crippen LogP contribution in [0, 0.1) is 5.92 Å². The summed E-state index contributed by atoms with van der Waals surface area (Å²) in [5.74, 6) is 0.280. The van der Waals surface area contributed by atoms with Gasteiger partial charge in [-0.25, -0.2) is 4.79 Å². The molecule has 0 aliphatic carbocycles. The lowest BCUT2D eigenvalue weighted by Crippen LogP contribution is -2.50. The Morgan fingerprint density at radius 1 is 1.06 bits per heavy atom. The zero-order chi connectivity index (χ0) is 22.6.